The summed E-state index contributed by atoms with van der Waals surface area (Å²) in [6, 6.07) is 7.81. The predicted molar refractivity (Wildman–Crippen MR) is 84.0 cm³/mol. The highest BCUT2D eigenvalue weighted by Crippen LogP contribution is 2.36. The summed E-state index contributed by atoms with van der Waals surface area (Å²) < 4.78 is 17.6. The van der Waals surface area contributed by atoms with E-state index in [1.54, 1.807) is 0 Å². The van der Waals surface area contributed by atoms with Crippen LogP contribution in [-0.4, -0.2) is 36.6 Å². The first kappa shape index (κ1) is 16.3. The Bertz CT molecular complexity index is 440. The van der Waals surface area contributed by atoms with Gasteiger partial charge >= 0.3 is 7.12 Å². The van der Waals surface area contributed by atoms with Gasteiger partial charge in [-0.25, -0.2) is 0 Å². The summed E-state index contributed by atoms with van der Waals surface area (Å²) >= 11 is 0. The normalized spacial score (nSPS) is 19.8. The lowest BCUT2D eigenvalue weighted by Gasteiger charge is -2.32. The third-order valence-electron chi connectivity index (χ3n) is 4.23. The third-order valence-corrected chi connectivity index (χ3v) is 4.23. The van der Waals surface area contributed by atoms with Crippen LogP contribution in [0.2, 0.25) is 0 Å². The minimum atomic E-state index is -0.335. The lowest BCUT2D eigenvalue weighted by Crippen LogP contribution is -2.41. The largest absolute Gasteiger partial charge is 0.494 e. The van der Waals surface area contributed by atoms with Gasteiger partial charge in [-0.3, -0.25) is 0 Å². The molecule has 0 spiro atoms. The van der Waals surface area contributed by atoms with E-state index in [-0.39, 0.29) is 24.9 Å². The second-order valence-electron chi connectivity index (χ2n) is 6.44. The van der Waals surface area contributed by atoms with Gasteiger partial charge in [-0.05, 0) is 58.1 Å². The monoisotopic (exact) mass is 292 g/mol. The standard InChI is InChI=1S/C16H25BO4/c1-15(2)16(3,4)21-17(20-15)13-7-9-14(10-8-13)19-12-6-5-11-18/h7-10,18H,5-6,11-12H2,1-4H3. The van der Waals surface area contributed by atoms with Crippen LogP contribution in [0.25, 0.3) is 0 Å². The minimum absolute atomic E-state index is 0.213. The second-order valence-corrected chi connectivity index (χ2v) is 6.44. The van der Waals surface area contributed by atoms with Crippen molar-refractivity contribution in [3.63, 3.8) is 0 Å². The molecule has 0 atom stereocenters. The van der Waals surface area contributed by atoms with Crippen molar-refractivity contribution in [2.45, 2.75) is 51.7 Å². The zero-order chi connectivity index (χ0) is 15.5. The summed E-state index contributed by atoms with van der Waals surface area (Å²) in [5, 5.41) is 8.72. The van der Waals surface area contributed by atoms with Crippen LogP contribution in [0.5, 0.6) is 5.75 Å². The van der Waals surface area contributed by atoms with Gasteiger partial charge in [0.25, 0.3) is 0 Å². The lowest BCUT2D eigenvalue weighted by molar-refractivity contribution is 0.00578. The summed E-state index contributed by atoms with van der Waals surface area (Å²) in [5.41, 5.74) is 0.352. The Morgan fingerprint density at radius 3 is 2.10 bits per heavy atom. The average Bonchev–Trinajstić information content (AvgIpc) is 2.64. The third kappa shape index (κ3) is 3.79. The summed E-state index contributed by atoms with van der Waals surface area (Å²) in [6.07, 6.45) is 1.63. The van der Waals surface area contributed by atoms with Crippen molar-refractivity contribution in [1.29, 1.82) is 0 Å². The Labute approximate surface area is 127 Å². The smallest absolute Gasteiger partial charge is 0.494 e. The van der Waals surface area contributed by atoms with Crippen molar-refractivity contribution in [2.24, 2.45) is 0 Å². The van der Waals surface area contributed by atoms with Crippen LogP contribution in [0.4, 0.5) is 0 Å². The minimum Gasteiger partial charge on any atom is -0.494 e. The fourth-order valence-electron chi connectivity index (χ4n) is 2.10. The van der Waals surface area contributed by atoms with E-state index in [1.807, 2.05) is 52.0 Å². The Kier molecular flexibility index (Phi) is 4.97. The van der Waals surface area contributed by atoms with Gasteiger partial charge in [0.15, 0.2) is 0 Å². The molecule has 1 heterocycles. The van der Waals surface area contributed by atoms with Gasteiger partial charge < -0.3 is 19.2 Å². The maximum absolute atomic E-state index is 8.72. The van der Waals surface area contributed by atoms with Gasteiger partial charge in [-0.1, -0.05) is 12.1 Å². The van der Waals surface area contributed by atoms with Gasteiger partial charge in [0.2, 0.25) is 0 Å². The Morgan fingerprint density at radius 2 is 1.57 bits per heavy atom. The number of aliphatic hydroxyl groups excluding tert-OH is 1. The van der Waals surface area contributed by atoms with E-state index < -0.39 is 0 Å². The van der Waals surface area contributed by atoms with Crippen molar-refractivity contribution in [1.82, 2.24) is 0 Å². The van der Waals surface area contributed by atoms with Crippen molar-refractivity contribution >= 4 is 12.6 Å². The maximum Gasteiger partial charge on any atom is 0.494 e. The van der Waals surface area contributed by atoms with E-state index in [0.29, 0.717) is 6.61 Å². The van der Waals surface area contributed by atoms with Crippen LogP contribution in [0, 0.1) is 0 Å². The highest BCUT2D eigenvalue weighted by Gasteiger charge is 2.51. The zero-order valence-electron chi connectivity index (χ0n) is 13.4. The molecule has 116 valence electrons. The Balaban J connectivity index is 1.94. The van der Waals surface area contributed by atoms with Crippen LogP contribution in [0.3, 0.4) is 0 Å². The summed E-state index contributed by atoms with van der Waals surface area (Å²) in [4.78, 5) is 0. The molecule has 4 nitrogen and oxygen atoms in total. The summed E-state index contributed by atoms with van der Waals surface area (Å²) in [6.45, 7) is 9.02. The zero-order valence-corrected chi connectivity index (χ0v) is 13.4. The van der Waals surface area contributed by atoms with E-state index >= 15 is 0 Å². The van der Waals surface area contributed by atoms with Crippen LogP contribution in [-0.2, 0) is 9.31 Å². The number of hydrogen-bond acceptors (Lipinski definition) is 4. The number of benzene rings is 1. The Morgan fingerprint density at radius 1 is 1.00 bits per heavy atom. The fraction of sp³-hybridized carbons (Fsp3) is 0.625. The molecular formula is C16H25BO4. The summed E-state index contributed by atoms with van der Waals surface area (Å²) in [7, 11) is -0.335. The molecule has 0 bridgehead atoms. The van der Waals surface area contributed by atoms with Crippen molar-refractivity contribution < 1.29 is 19.2 Å². The van der Waals surface area contributed by atoms with Gasteiger partial charge in [0.05, 0.1) is 17.8 Å². The molecule has 0 aliphatic carbocycles. The molecule has 1 aliphatic heterocycles. The van der Waals surface area contributed by atoms with E-state index in [0.717, 1.165) is 24.1 Å². The quantitative estimate of drug-likeness (QED) is 0.644. The molecule has 2 rings (SSSR count). The van der Waals surface area contributed by atoms with Crippen LogP contribution in [0.15, 0.2) is 24.3 Å². The van der Waals surface area contributed by atoms with Gasteiger partial charge in [0, 0.05) is 6.61 Å². The first-order valence-corrected chi connectivity index (χ1v) is 7.55. The molecule has 1 aliphatic rings. The van der Waals surface area contributed by atoms with E-state index in [9.17, 15) is 0 Å². The molecule has 21 heavy (non-hydrogen) atoms. The first-order valence-electron chi connectivity index (χ1n) is 7.55. The number of ether oxygens (including phenoxy) is 1. The lowest BCUT2D eigenvalue weighted by atomic mass is 9.79. The molecule has 0 radical (unpaired) electrons. The first-order chi connectivity index (χ1) is 9.86. The Hall–Kier alpha value is -1.04. The predicted octanol–water partition coefficient (Wildman–Crippen LogP) is 2.14. The molecule has 0 saturated carbocycles. The van der Waals surface area contributed by atoms with Gasteiger partial charge in [-0.2, -0.15) is 0 Å². The van der Waals surface area contributed by atoms with Crippen LogP contribution >= 0.6 is 0 Å². The molecule has 0 unspecified atom stereocenters. The van der Waals surface area contributed by atoms with Gasteiger partial charge in [-0.15, -0.1) is 0 Å². The molecule has 1 saturated heterocycles. The number of hydrogen-bond donors (Lipinski definition) is 1. The topological polar surface area (TPSA) is 47.9 Å². The fourth-order valence-corrected chi connectivity index (χ4v) is 2.10. The highest BCUT2D eigenvalue weighted by molar-refractivity contribution is 6.62. The molecule has 1 fully saturated rings. The average molecular weight is 292 g/mol. The maximum atomic E-state index is 8.72. The molecule has 1 N–H and O–H groups in total. The van der Waals surface area contributed by atoms with E-state index in [4.69, 9.17) is 19.2 Å². The number of aliphatic hydroxyl groups is 1. The highest BCUT2D eigenvalue weighted by atomic mass is 16.7. The summed E-state index contributed by atoms with van der Waals surface area (Å²) in [5.74, 6) is 0.827. The molecular weight excluding hydrogens is 267 g/mol. The molecule has 1 aromatic carbocycles. The molecule has 5 heteroatoms. The molecule has 0 aromatic heterocycles. The second kappa shape index (κ2) is 6.38. The van der Waals surface area contributed by atoms with Crippen molar-refractivity contribution in [3.8, 4) is 5.75 Å². The van der Waals surface area contributed by atoms with Crippen molar-refractivity contribution in [2.75, 3.05) is 13.2 Å². The van der Waals surface area contributed by atoms with Crippen LogP contribution < -0.4 is 10.2 Å². The molecule has 0 amide bonds. The van der Waals surface area contributed by atoms with Gasteiger partial charge in [0.1, 0.15) is 5.75 Å². The molecule has 1 aromatic rings. The van der Waals surface area contributed by atoms with E-state index in [1.165, 1.54) is 0 Å². The number of rotatable bonds is 6. The van der Waals surface area contributed by atoms with Crippen molar-refractivity contribution in [3.05, 3.63) is 24.3 Å². The number of unbranched alkanes of at least 4 members (excludes halogenated alkanes) is 1. The van der Waals surface area contributed by atoms with Crippen LogP contribution in [0.1, 0.15) is 40.5 Å². The SMILES string of the molecule is CC1(C)OB(c2ccc(OCCCCO)cc2)OC1(C)C. The van der Waals surface area contributed by atoms with E-state index in [2.05, 4.69) is 0 Å².